The molecule has 5 heteroatoms. The minimum absolute atomic E-state index is 0.0369. The highest BCUT2D eigenvalue weighted by atomic mass is 16.3. The minimum Gasteiger partial charge on any atom is -0.467 e. The van der Waals surface area contributed by atoms with Crippen LogP contribution < -0.4 is 0 Å². The molecule has 0 aliphatic rings. The van der Waals surface area contributed by atoms with Crippen LogP contribution in [0.2, 0.25) is 0 Å². The maximum Gasteiger partial charge on any atom is 0.254 e. The average Bonchev–Trinajstić information content (AvgIpc) is 3.37. The van der Waals surface area contributed by atoms with E-state index in [4.69, 9.17) is 4.42 Å². The molecule has 29 heavy (non-hydrogen) atoms. The molecule has 0 aliphatic heterocycles. The summed E-state index contributed by atoms with van der Waals surface area (Å²) in [5.74, 6) is 0.721. The van der Waals surface area contributed by atoms with Crippen molar-refractivity contribution in [2.75, 3.05) is 0 Å². The summed E-state index contributed by atoms with van der Waals surface area (Å²) in [7, 11) is 0. The molecule has 0 N–H and O–H groups in total. The Morgan fingerprint density at radius 3 is 2.34 bits per heavy atom. The SMILES string of the molecule is Cc1cc(C)n(-c2ccc(C(=O)N(Cc3ccccc3)Cc3ccco3)cc2)n1. The number of furan rings is 1. The molecule has 1 amide bonds. The van der Waals surface area contributed by atoms with Crippen LogP contribution in [-0.4, -0.2) is 20.6 Å². The zero-order valence-electron chi connectivity index (χ0n) is 16.6. The summed E-state index contributed by atoms with van der Waals surface area (Å²) in [6.07, 6.45) is 1.63. The predicted molar refractivity (Wildman–Crippen MR) is 112 cm³/mol. The van der Waals surface area contributed by atoms with Gasteiger partial charge in [0.25, 0.3) is 5.91 Å². The van der Waals surface area contributed by atoms with E-state index in [-0.39, 0.29) is 5.91 Å². The standard InChI is InChI=1S/C24H23N3O2/c1-18-15-19(2)27(25-18)22-12-10-21(11-13-22)24(28)26(17-23-9-6-14-29-23)16-20-7-4-3-5-8-20/h3-15H,16-17H2,1-2H3. The molecule has 2 aromatic heterocycles. The second kappa shape index (κ2) is 8.19. The smallest absolute Gasteiger partial charge is 0.254 e. The Morgan fingerprint density at radius 1 is 0.966 bits per heavy atom. The Bertz CT molecular complexity index is 1080. The fourth-order valence-electron chi connectivity index (χ4n) is 3.41. The largest absolute Gasteiger partial charge is 0.467 e. The zero-order valence-corrected chi connectivity index (χ0v) is 16.6. The van der Waals surface area contributed by atoms with Crippen molar-refractivity contribution < 1.29 is 9.21 Å². The summed E-state index contributed by atoms with van der Waals surface area (Å²) in [5, 5.41) is 4.50. The van der Waals surface area contributed by atoms with Crippen LogP contribution in [-0.2, 0) is 13.1 Å². The van der Waals surface area contributed by atoms with E-state index < -0.39 is 0 Å². The molecular weight excluding hydrogens is 362 g/mol. The Morgan fingerprint density at radius 2 is 1.72 bits per heavy atom. The number of carbonyl (C=O) groups excluding carboxylic acids is 1. The van der Waals surface area contributed by atoms with Gasteiger partial charge < -0.3 is 9.32 Å². The molecule has 0 atom stereocenters. The normalized spacial score (nSPS) is 10.8. The van der Waals surface area contributed by atoms with Gasteiger partial charge in [0.1, 0.15) is 5.76 Å². The van der Waals surface area contributed by atoms with Crippen molar-refractivity contribution >= 4 is 5.91 Å². The summed E-state index contributed by atoms with van der Waals surface area (Å²) in [5.41, 5.74) is 4.68. The van der Waals surface area contributed by atoms with E-state index in [9.17, 15) is 4.79 Å². The number of rotatable bonds is 6. The fourth-order valence-corrected chi connectivity index (χ4v) is 3.41. The first-order chi connectivity index (χ1) is 14.1. The molecule has 0 saturated heterocycles. The van der Waals surface area contributed by atoms with Crippen molar-refractivity contribution in [3.05, 3.63) is 107 Å². The van der Waals surface area contributed by atoms with Crippen molar-refractivity contribution in [2.24, 2.45) is 0 Å². The molecule has 146 valence electrons. The summed E-state index contributed by atoms with van der Waals surface area (Å²) < 4.78 is 7.36. The summed E-state index contributed by atoms with van der Waals surface area (Å²) >= 11 is 0. The van der Waals surface area contributed by atoms with Crippen LogP contribution in [0.3, 0.4) is 0 Å². The summed E-state index contributed by atoms with van der Waals surface area (Å²) in [4.78, 5) is 15.1. The molecule has 2 aromatic carbocycles. The van der Waals surface area contributed by atoms with Crippen molar-refractivity contribution in [3.63, 3.8) is 0 Å². The molecule has 0 unspecified atom stereocenters. The van der Waals surface area contributed by atoms with Gasteiger partial charge in [-0.05, 0) is 61.9 Å². The van der Waals surface area contributed by atoms with E-state index in [1.54, 1.807) is 11.2 Å². The van der Waals surface area contributed by atoms with Gasteiger partial charge in [-0.3, -0.25) is 4.79 Å². The predicted octanol–water partition coefficient (Wildman–Crippen LogP) is 4.92. The molecule has 4 aromatic rings. The van der Waals surface area contributed by atoms with Gasteiger partial charge in [-0.15, -0.1) is 0 Å². The number of hydrogen-bond acceptors (Lipinski definition) is 3. The quantitative estimate of drug-likeness (QED) is 0.473. The van der Waals surface area contributed by atoms with Crippen molar-refractivity contribution in [2.45, 2.75) is 26.9 Å². The van der Waals surface area contributed by atoms with E-state index in [1.807, 2.05) is 91.3 Å². The van der Waals surface area contributed by atoms with E-state index in [0.29, 0.717) is 18.7 Å². The van der Waals surface area contributed by atoms with Crippen molar-refractivity contribution in [1.29, 1.82) is 0 Å². The molecule has 0 aliphatic carbocycles. The van der Waals surface area contributed by atoms with Gasteiger partial charge in [0.2, 0.25) is 0 Å². The molecule has 0 bridgehead atoms. The molecule has 4 rings (SSSR count). The fraction of sp³-hybridized carbons (Fsp3) is 0.167. The lowest BCUT2D eigenvalue weighted by Gasteiger charge is -2.22. The van der Waals surface area contributed by atoms with E-state index >= 15 is 0 Å². The maximum atomic E-state index is 13.3. The van der Waals surface area contributed by atoms with Crippen molar-refractivity contribution in [1.82, 2.24) is 14.7 Å². The van der Waals surface area contributed by atoms with Crippen LogP contribution in [0.1, 0.15) is 33.1 Å². The first-order valence-corrected chi connectivity index (χ1v) is 9.59. The Labute approximate surface area is 170 Å². The maximum absolute atomic E-state index is 13.3. The van der Waals surface area contributed by atoms with E-state index in [2.05, 4.69) is 5.10 Å². The second-order valence-electron chi connectivity index (χ2n) is 7.11. The Hall–Kier alpha value is -3.60. The minimum atomic E-state index is -0.0369. The van der Waals surface area contributed by atoms with Crippen LogP contribution in [0.5, 0.6) is 0 Å². The number of aryl methyl sites for hydroxylation is 2. The highest BCUT2D eigenvalue weighted by Crippen LogP contribution is 2.17. The zero-order chi connectivity index (χ0) is 20.2. The van der Waals surface area contributed by atoms with Gasteiger partial charge >= 0.3 is 0 Å². The van der Waals surface area contributed by atoms with E-state index in [0.717, 1.165) is 28.4 Å². The lowest BCUT2D eigenvalue weighted by Crippen LogP contribution is -2.30. The third-order valence-corrected chi connectivity index (χ3v) is 4.80. The number of carbonyl (C=O) groups is 1. The van der Waals surface area contributed by atoms with Crippen LogP contribution in [0.4, 0.5) is 0 Å². The third kappa shape index (κ3) is 4.29. The van der Waals surface area contributed by atoms with Crippen LogP contribution >= 0.6 is 0 Å². The van der Waals surface area contributed by atoms with Gasteiger partial charge in [0.15, 0.2) is 0 Å². The van der Waals surface area contributed by atoms with Gasteiger partial charge in [0.05, 0.1) is 24.2 Å². The molecule has 0 saturated carbocycles. The van der Waals surface area contributed by atoms with E-state index in [1.165, 1.54) is 0 Å². The van der Waals surface area contributed by atoms with Gasteiger partial charge in [-0.1, -0.05) is 30.3 Å². The third-order valence-electron chi connectivity index (χ3n) is 4.80. The molecular formula is C24H23N3O2. The highest BCUT2D eigenvalue weighted by molar-refractivity contribution is 5.94. The molecule has 0 spiro atoms. The first kappa shape index (κ1) is 18.7. The number of aromatic nitrogens is 2. The van der Waals surface area contributed by atoms with Gasteiger partial charge in [-0.2, -0.15) is 5.10 Å². The molecule has 5 nitrogen and oxygen atoms in total. The lowest BCUT2D eigenvalue weighted by atomic mass is 10.1. The summed E-state index contributed by atoms with van der Waals surface area (Å²) in [6.45, 7) is 4.92. The number of nitrogens with zero attached hydrogens (tertiary/aromatic N) is 3. The number of benzene rings is 2. The van der Waals surface area contributed by atoms with Gasteiger partial charge in [0, 0.05) is 17.8 Å². The Balaban J connectivity index is 1.58. The highest BCUT2D eigenvalue weighted by Gasteiger charge is 2.18. The molecule has 0 radical (unpaired) electrons. The number of hydrogen-bond donors (Lipinski definition) is 0. The summed E-state index contributed by atoms with van der Waals surface area (Å²) in [6, 6.07) is 23.3. The van der Waals surface area contributed by atoms with Crippen molar-refractivity contribution in [3.8, 4) is 5.69 Å². The topological polar surface area (TPSA) is 51.3 Å². The first-order valence-electron chi connectivity index (χ1n) is 9.59. The second-order valence-corrected chi connectivity index (χ2v) is 7.11. The van der Waals surface area contributed by atoms with Crippen LogP contribution in [0.15, 0.2) is 83.5 Å². The molecule has 2 heterocycles. The Kier molecular flexibility index (Phi) is 5.29. The lowest BCUT2D eigenvalue weighted by molar-refractivity contribution is 0.0717. The monoisotopic (exact) mass is 385 g/mol. The number of amides is 1. The average molecular weight is 385 g/mol. The van der Waals surface area contributed by atoms with Gasteiger partial charge in [-0.25, -0.2) is 4.68 Å². The van der Waals surface area contributed by atoms with Crippen LogP contribution in [0.25, 0.3) is 5.69 Å². The van der Waals surface area contributed by atoms with Crippen LogP contribution in [0, 0.1) is 13.8 Å². The molecule has 0 fully saturated rings.